The quantitative estimate of drug-likeness (QED) is 0.567. The van der Waals surface area contributed by atoms with Crippen molar-refractivity contribution in [3.63, 3.8) is 0 Å². The molecule has 0 saturated carbocycles. The molecule has 0 N–H and O–H groups in total. The van der Waals surface area contributed by atoms with Gasteiger partial charge in [-0.25, -0.2) is 0 Å². The zero-order valence-electron chi connectivity index (χ0n) is 4.41. The second kappa shape index (κ2) is 7.12. The van der Waals surface area contributed by atoms with Gasteiger partial charge in [-0.2, -0.15) is 0 Å². The third-order valence-corrected chi connectivity index (χ3v) is 2.67. The Balaban J connectivity index is 2.45. The fourth-order valence-corrected chi connectivity index (χ4v) is 1.68. The molecule has 0 fully saturated rings. The van der Waals surface area contributed by atoms with E-state index in [4.69, 9.17) is 11.4 Å². The fourth-order valence-electron chi connectivity index (χ4n) is 0.255. The zero-order chi connectivity index (χ0) is 5.54. The SMILES string of the molecule is CCCC[O][Hf][Cl]. The van der Waals surface area contributed by atoms with Crippen molar-refractivity contribution in [2.24, 2.45) is 0 Å². The van der Waals surface area contributed by atoms with Gasteiger partial charge in [0.1, 0.15) is 0 Å². The van der Waals surface area contributed by atoms with Gasteiger partial charge in [0, 0.05) is 0 Å². The van der Waals surface area contributed by atoms with Crippen LogP contribution in [0.25, 0.3) is 0 Å². The molecule has 0 saturated heterocycles. The number of unbranched alkanes of at least 4 members (excludes halogenated alkanes) is 1. The molecular weight excluding hydrogens is 278 g/mol. The summed E-state index contributed by atoms with van der Waals surface area (Å²) >= 11 is -1.02. The molecule has 0 aliphatic heterocycles. The van der Waals surface area contributed by atoms with E-state index in [-0.39, 0.29) is 0 Å². The molecule has 0 aromatic rings. The van der Waals surface area contributed by atoms with Gasteiger partial charge in [-0.3, -0.25) is 0 Å². The second-order valence-corrected chi connectivity index (χ2v) is 4.13. The Labute approximate surface area is 59.9 Å². The monoisotopic (exact) mass is 288 g/mol. The van der Waals surface area contributed by atoms with E-state index >= 15 is 0 Å². The molecule has 3 heteroatoms. The van der Waals surface area contributed by atoms with Crippen LogP contribution in [0.15, 0.2) is 0 Å². The summed E-state index contributed by atoms with van der Waals surface area (Å²) in [6, 6.07) is 0. The van der Waals surface area contributed by atoms with Crippen LogP contribution in [-0.4, -0.2) is 6.61 Å². The summed E-state index contributed by atoms with van der Waals surface area (Å²) in [7, 11) is 5.41. The minimum atomic E-state index is -1.02. The first-order chi connectivity index (χ1) is 3.41. The average molecular weight is 287 g/mol. The van der Waals surface area contributed by atoms with Gasteiger partial charge >= 0.3 is 60.0 Å². The summed E-state index contributed by atoms with van der Waals surface area (Å²) in [6.45, 7) is 3.04. The average Bonchev–Trinajstić information content (AvgIpc) is 1.69. The molecule has 0 bridgehead atoms. The summed E-state index contributed by atoms with van der Waals surface area (Å²) in [4.78, 5) is 0. The summed E-state index contributed by atoms with van der Waals surface area (Å²) in [5.74, 6) is 0. The Morgan fingerprint density at radius 3 is 2.86 bits per heavy atom. The molecule has 1 nitrogen and oxygen atoms in total. The van der Waals surface area contributed by atoms with Crippen LogP contribution in [0, 0.1) is 0 Å². The van der Waals surface area contributed by atoms with Gasteiger partial charge in [0.15, 0.2) is 0 Å². The number of hydrogen-bond donors (Lipinski definition) is 0. The Bertz CT molecular complexity index is 30.9. The maximum atomic E-state index is 5.41. The standard InChI is InChI=1S/C4H9O.ClH.Hf/c1-2-3-4-5;;/h2-4H2,1H3;1H;/q-1;;+2/p-1. The van der Waals surface area contributed by atoms with Crippen molar-refractivity contribution in [1.82, 2.24) is 0 Å². The molecule has 0 aliphatic carbocycles. The van der Waals surface area contributed by atoms with Crippen LogP contribution in [0.5, 0.6) is 0 Å². The molecule has 0 aliphatic rings. The van der Waals surface area contributed by atoms with Crippen molar-refractivity contribution in [2.75, 3.05) is 6.61 Å². The van der Waals surface area contributed by atoms with Crippen LogP contribution in [0.4, 0.5) is 0 Å². The Kier molecular flexibility index (Phi) is 8.26. The third-order valence-electron chi connectivity index (χ3n) is 0.655. The zero-order valence-corrected chi connectivity index (χ0v) is 8.76. The van der Waals surface area contributed by atoms with Gasteiger partial charge < -0.3 is 0 Å². The van der Waals surface area contributed by atoms with E-state index in [0.29, 0.717) is 0 Å². The van der Waals surface area contributed by atoms with Crippen molar-refractivity contribution in [2.45, 2.75) is 19.8 Å². The molecule has 0 spiro atoms. The van der Waals surface area contributed by atoms with Gasteiger partial charge in [0.25, 0.3) is 0 Å². The van der Waals surface area contributed by atoms with E-state index < -0.39 is 22.2 Å². The van der Waals surface area contributed by atoms with Crippen molar-refractivity contribution in [3.05, 3.63) is 0 Å². The van der Waals surface area contributed by atoms with Crippen LogP contribution in [0.2, 0.25) is 0 Å². The topological polar surface area (TPSA) is 9.23 Å². The predicted molar refractivity (Wildman–Crippen MR) is 26.7 cm³/mol. The minimum absolute atomic E-state index is 0.892. The van der Waals surface area contributed by atoms with Crippen molar-refractivity contribution >= 4 is 8.58 Å². The molecule has 0 amide bonds. The Hall–Kier alpha value is 1.12. The van der Waals surface area contributed by atoms with Crippen molar-refractivity contribution < 1.29 is 25.0 Å². The first-order valence-electron chi connectivity index (χ1n) is 2.39. The van der Waals surface area contributed by atoms with Gasteiger partial charge in [-0.1, -0.05) is 0 Å². The van der Waals surface area contributed by atoms with E-state index in [1.807, 2.05) is 0 Å². The summed E-state index contributed by atoms with van der Waals surface area (Å²) in [5.41, 5.74) is 0. The fraction of sp³-hybridized carbons (Fsp3) is 1.00. The number of rotatable bonds is 4. The molecular formula is C4H9ClHfO. The van der Waals surface area contributed by atoms with Crippen LogP contribution in [0.1, 0.15) is 19.8 Å². The van der Waals surface area contributed by atoms with Crippen molar-refractivity contribution in [1.29, 1.82) is 0 Å². The van der Waals surface area contributed by atoms with Crippen LogP contribution in [0.3, 0.4) is 0 Å². The van der Waals surface area contributed by atoms with E-state index in [1.165, 1.54) is 12.8 Å². The van der Waals surface area contributed by atoms with E-state index in [2.05, 4.69) is 6.92 Å². The van der Waals surface area contributed by atoms with Gasteiger partial charge in [-0.05, 0) is 0 Å². The first-order valence-corrected chi connectivity index (χ1v) is 8.31. The third kappa shape index (κ3) is 7.12. The molecule has 0 radical (unpaired) electrons. The van der Waals surface area contributed by atoms with Crippen molar-refractivity contribution in [3.8, 4) is 0 Å². The Morgan fingerprint density at radius 1 is 1.71 bits per heavy atom. The molecule has 0 unspecified atom stereocenters. The summed E-state index contributed by atoms with van der Waals surface area (Å²) in [6.07, 6.45) is 2.37. The van der Waals surface area contributed by atoms with E-state index in [1.54, 1.807) is 0 Å². The molecule has 7 heavy (non-hydrogen) atoms. The first kappa shape index (κ1) is 8.12. The molecule has 0 aromatic heterocycles. The summed E-state index contributed by atoms with van der Waals surface area (Å²) in [5, 5.41) is 0. The van der Waals surface area contributed by atoms with Gasteiger partial charge in [-0.15, -0.1) is 0 Å². The van der Waals surface area contributed by atoms with Crippen LogP contribution in [-0.2, 0) is 25.0 Å². The molecule has 42 valence electrons. The number of halogens is 1. The molecule has 0 aromatic carbocycles. The van der Waals surface area contributed by atoms with Crippen LogP contribution >= 0.6 is 8.58 Å². The normalized spacial score (nSPS) is 8.86. The number of hydrogen-bond acceptors (Lipinski definition) is 1. The second-order valence-electron chi connectivity index (χ2n) is 1.28. The van der Waals surface area contributed by atoms with Crippen LogP contribution < -0.4 is 0 Å². The van der Waals surface area contributed by atoms with Gasteiger partial charge in [0.05, 0.1) is 0 Å². The maximum absolute atomic E-state index is 5.41. The molecule has 0 heterocycles. The van der Waals surface area contributed by atoms with E-state index in [9.17, 15) is 0 Å². The van der Waals surface area contributed by atoms with E-state index in [0.717, 1.165) is 6.61 Å². The molecule has 0 atom stereocenters. The Morgan fingerprint density at radius 2 is 2.43 bits per heavy atom. The van der Waals surface area contributed by atoms with Gasteiger partial charge in [0.2, 0.25) is 0 Å². The molecule has 0 rings (SSSR count). The summed E-state index contributed by atoms with van der Waals surface area (Å²) < 4.78 is 5.03. The predicted octanol–water partition coefficient (Wildman–Crippen LogP) is 1.95.